The highest BCUT2D eigenvalue weighted by Gasteiger charge is 2.23. The number of amides is 1. The van der Waals surface area contributed by atoms with Crippen LogP contribution in [0.25, 0.3) is 0 Å². The van der Waals surface area contributed by atoms with E-state index >= 15 is 0 Å². The van der Waals surface area contributed by atoms with E-state index in [4.69, 9.17) is 18.0 Å². The summed E-state index contributed by atoms with van der Waals surface area (Å²) in [5.41, 5.74) is 5.66. The molecule has 1 fully saturated rings. The van der Waals surface area contributed by atoms with Crippen molar-refractivity contribution in [3.8, 4) is 0 Å². The van der Waals surface area contributed by atoms with Crippen molar-refractivity contribution in [3.63, 3.8) is 0 Å². The summed E-state index contributed by atoms with van der Waals surface area (Å²) in [5.74, 6) is 0.116. The van der Waals surface area contributed by atoms with Crippen LogP contribution in [0.5, 0.6) is 0 Å². The largest absolute Gasteiger partial charge is 0.392 e. The quantitative estimate of drug-likeness (QED) is 0.683. The summed E-state index contributed by atoms with van der Waals surface area (Å²) in [5, 5.41) is 2.99. The number of piperazine rings is 1. The molecule has 19 heavy (non-hydrogen) atoms. The normalized spacial score (nSPS) is 20.8. The van der Waals surface area contributed by atoms with Gasteiger partial charge in [0.15, 0.2) is 0 Å². The summed E-state index contributed by atoms with van der Waals surface area (Å²) in [6.07, 6.45) is 0.963. The summed E-state index contributed by atoms with van der Waals surface area (Å²) in [6, 6.07) is 0.398. The van der Waals surface area contributed by atoms with Gasteiger partial charge in [-0.3, -0.25) is 14.6 Å². The molecule has 2 unspecified atom stereocenters. The van der Waals surface area contributed by atoms with Crippen LogP contribution in [0.4, 0.5) is 0 Å². The van der Waals surface area contributed by atoms with Crippen molar-refractivity contribution in [2.75, 3.05) is 32.7 Å². The van der Waals surface area contributed by atoms with Gasteiger partial charge in [-0.05, 0) is 20.3 Å². The average Bonchev–Trinajstić information content (AvgIpc) is 2.38. The average molecular weight is 286 g/mol. The first-order valence-electron chi connectivity index (χ1n) is 6.99. The monoisotopic (exact) mass is 286 g/mol. The SMILES string of the molecule is CCC(C)NC(=O)CN1CCN(C(C)C(N)=S)CC1. The van der Waals surface area contributed by atoms with E-state index < -0.39 is 0 Å². The summed E-state index contributed by atoms with van der Waals surface area (Å²) >= 11 is 5.02. The van der Waals surface area contributed by atoms with Crippen LogP contribution in [0.2, 0.25) is 0 Å². The molecule has 0 aromatic carbocycles. The molecule has 1 aliphatic rings. The molecule has 0 saturated carbocycles. The highest BCUT2D eigenvalue weighted by molar-refractivity contribution is 7.80. The van der Waals surface area contributed by atoms with E-state index in [2.05, 4.69) is 22.0 Å². The van der Waals surface area contributed by atoms with E-state index in [0.717, 1.165) is 32.6 Å². The predicted octanol–water partition coefficient (Wildman–Crippen LogP) is 0.193. The third kappa shape index (κ3) is 5.42. The van der Waals surface area contributed by atoms with Crippen LogP contribution in [0.1, 0.15) is 27.2 Å². The third-order valence-corrected chi connectivity index (χ3v) is 4.09. The zero-order chi connectivity index (χ0) is 14.4. The molecule has 1 rings (SSSR count). The molecule has 0 aliphatic carbocycles. The van der Waals surface area contributed by atoms with Crippen molar-refractivity contribution in [1.29, 1.82) is 0 Å². The van der Waals surface area contributed by atoms with Crippen molar-refractivity contribution in [1.82, 2.24) is 15.1 Å². The van der Waals surface area contributed by atoms with E-state index in [1.54, 1.807) is 0 Å². The van der Waals surface area contributed by atoms with Crippen molar-refractivity contribution in [3.05, 3.63) is 0 Å². The Bertz CT molecular complexity index is 316. The molecule has 0 radical (unpaired) electrons. The maximum absolute atomic E-state index is 11.8. The zero-order valence-electron chi connectivity index (χ0n) is 12.2. The van der Waals surface area contributed by atoms with Crippen molar-refractivity contribution < 1.29 is 4.79 Å². The van der Waals surface area contributed by atoms with E-state index in [1.807, 2.05) is 13.8 Å². The van der Waals surface area contributed by atoms with Crippen molar-refractivity contribution in [2.24, 2.45) is 5.73 Å². The number of thiocarbonyl (C=S) groups is 1. The molecule has 0 aromatic rings. The zero-order valence-corrected chi connectivity index (χ0v) is 13.0. The molecule has 1 heterocycles. The second-order valence-electron chi connectivity index (χ2n) is 5.27. The predicted molar refractivity (Wildman–Crippen MR) is 82.2 cm³/mol. The van der Waals surface area contributed by atoms with Gasteiger partial charge in [0.25, 0.3) is 0 Å². The summed E-state index contributed by atoms with van der Waals surface area (Å²) in [7, 11) is 0. The van der Waals surface area contributed by atoms with Gasteiger partial charge >= 0.3 is 0 Å². The number of nitrogens with two attached hydrogens (primary N) is 1. The molecule has 1 amide bonds. The topological polar surface area (TPSA) is 61.6 Å². The Balaban J connectivity index is 2.30. The number of hydrogen-bond donors (Lipinski definition) is 2. The maximum Gasteiger partial charge on any atom is 0.234 e. The highest BCUT2D eigenvalue weighted by Crippen LogP contribution is 2.06. The van der Waals surface area contributed by atoms with Crippen molar-refractivity contribution in [2.45, 2.75) is 39.3 Å². The van der Waals surface area contributed by atoms with Gasteiger partial charge in [-0.15, -0.1) is 0 Å². The molecule has 0 bridgehead atoms. The molecular formula is C13H26N4OS. The first kappa shape index (κ1) is 16.3. The van der Waals surface area contributed by atoms with Crippen LogP contribution in [-0.4, -0.2) is 65.5 Å². The van der Waals surface area contributed by atoms with Crippen LogP contribution >= 0.6 is 12.2 Å². The Kier molecular flexibility index (Phi) is 6.68. The van der Waals surface area contributed by atoms with Gasteiger partial charge in [-0.2, -0.15) is 0 Å². The fourth-order valence-corrected chi connectivity index (χ4v) is 2.26. The maximum atomic E-state index is 11.8. The minimum absolute atomic E-state index is 0.116. The molecule has 2 atom stereocenters. The van der Waals surface area contributed by atoms with Gasteiger partial charge in [0, 0.05) is 32.2 Å². The lowest BCUT2D eigenvalue weighted by molar-refractivity contribution is -0.123. The lowest BCUT2D eigenvalue weighted by Gasteiger charge is -2.37. The fourth-order valence-electron chi connectivity index (χ4n) is 2.11. The lowest BCUT2D eigenvalue weighted by atomic mass is 10.2. The first-order chi connectivity index (χ1) is 8.93. The Morgan fingerprint density at radius 3 is 2.37 bits per heavy atom. The van der Waals surface area contributed by atoms with E-state index in [9.17, 15) is 4.79 Å². The standard InChI is InChI=1S/C13H26N4OS/c1-4-10(2)15-12(18)9-16-5-7-17(8-6-16)11(3)13(14)19/h10-11H,4-9H2,1-3H3,(H2,14,19)(H,15,18). The minimum atomic E-state index is 0.116. The Morgan fingerprint density at radius 1 is 1.32 bits per heavy atom. The van der Waals surface area contributed by atoms with Gasteiger partial charge in [0.2, 0.25) is 5.91 Å². The molecule has 110 valence electrons. The molecule has 0 spiro atoms. The second-order valence-corrected chi connectivity index (χ2v) is 5.74. The number of carbonyl (C=O) groups excluding carboxylic acids is 1. The molecule has 1 aliphatic heterocycles. The Hall–Kier alpha value is -0.720. The van der Waals surface area contributed by atoms with Gasteiger partial charge in [-0.1, -0.05) is 19.1 Å². The van der Waals surface area contributed by atoms with Gasteiger partial charge in [-0.25, -0.2) is 0 Å². The van der Waals surface area contributed by atoms with Crippen LogP contribution in [0, 0.1) is 0 Å². The Labute approximate surface area is 121 Å². The van der Waals surface area contributed by atoms with Crippen LogP contribution < -0.4 is 11.1 Å². The van der Waals surface area contributed by atoms with Gasteiger partial charge in [0.05, 0.1) is 17.6 Å². The van der Waals surface area contributed by atoms with Crippen LogP contribution in [-0.2, 0) is 4.79 Å². The van der Waals surface area contributed by atoms with Crippen LogP contribution in [0.3, 0.4) is 0 Å². The summed E-state index contributed by atoms with van der Waals surface area (Å²) in [4.78, 5) is 16.8. The van der Waals surface area contributed by atoms with Crippen LogP contribution in [0.15, 0.2) is 0 Å². The first-order valence-corrected chi connectivity index (χ1v) is 7.40. The molecule has 5 nitrogen and oxygen atoms in total. The number of nitrogens with one attached hydrogen (secondary N) is 1. The minimum Gasteiger partial charge on any atom is -0.392 e. The van der Waals surface area contributed by atoms with Gasteiger partial charge in [0.1, 0.15) is 0 Å². The smallest absolute Gasteiger partial charge is 0.234 e. The molecule has 0 aromatic heterocycles. The number of nitrogens with zero attached hydrogens (tertiary/aromatic N) is 2. The second kappa shape index (κ2) is 7.77. The molecule has 3 N–H and O–H groups in total. The third-order valence-electron chi connectivity index (χ3n) is 3.75. The summed E-state index contributed by atoms with van der Waals surface area (Å²) < 4.78 is 0. The van der Waals surface area contributed by atoms with Gasteiger partial charge < -0.3 is 11.1 Å². The Morgan fingerprint density at radius 2 is 1.89 bits per heavy atom. The van der Waals surface area contributed by atoms with E-state index in [-0.39, 0.29) is 18.0 Å². The van der Waals surface area contributed by atoms with Crippen molar-refractivity contribution >= 4 is 23.1 Å². The molecule has 6 heteroatoms. The number of hydrogen-bond acceptors (Lipinski definition) is 4. The molecular weight excluding hydrogens is 260 g/mol. The number of carbonyl (C=O) groups is 1. The fraction of sp³-hybridized carbons (Fsp3) is 0.846. The highest BCUT2D eigenvalue weighted by atomic mass is 32.1. The van der Waals surface area contributed by atoms with E-state index in [0.29, 0.717) is 11.5 Å². The molecule has 1 saturated heterocycles. The lowest BCUT2D eigenvalue weighted by Crippen LogP contribution is -2.54. The number of rotatable bonds is 6. The summed E-state index contributed by atoms with van der Waals surface area (Å²) in [6.45, 7) is 10.2. The van der Waals surface area contributed by atoms with E-state index in [1.165, 1.54) is 0 Å².